The first kappa shape index (κ1) is 22.4. The summed E-state index contributed by atoms with van der Waals surface area (Å²) in [7, 11) is 0. The molecular formula is C27H34N2O4. The Morgan fingerprint density at radius 1 is 1.15 bits per heavy atom. The molecule has 2 atom stereocenters. The molecule has 0 saturated carbocycles. The molecule has 2 aliphatic heterocycles. The average molecular weight is 451 g/mol. The molecule has 1 aliphatic carbocycles. The third-order valence-electron chi connectivity index (χ3n) is 7.23. The second kappa shape index (κ2) is 10.2. The molecular weight excluding hydrogens is 416 g/mol. The standard InChI is InChI=1S/C27H34N2O4/c30-27(31)25(23-9-5-7-20-14-17-33-26(20)23)29-15-13-22(18-29)32-16-4-3-8-21-12-11-19-6-1-2-10-24(19)28-21/h5,7,9,11-12,22,25H,1-4,6,8,10,13-18H2,(H,30,31)/t22-,25?/m1/s1. The van der Waals surface area contributed by atoms with Gasteiger partial charge in [-0.1, -0.05) is 24.3 Å². The van der Waals surface area contributed by atoms with E-state index in [-0.39, 0.29) is 6.10 Å². The molecule has 1 aromatic heterocycles. The molecule has 1 aromatic carbocycles. The summed E-state index contributed by atoms with van der Waals surface area (Å²) in [5.74, 6) is -0.0536. The van der Waals surface area contributed by atoms with Crippen LogP contribution in [0.1, 0.15) is 66.2 Å². The number of aryl methyl sites for hydroxylation is 3. The summed E-state index contributed by atoms with van der Waals surface area (Å²) in [6.45, 7) is 2.72. The zero-order chi connectivity index (χ0) is 22.6. The fourth-order valence-electron chi connectivity index (χ4n) is 5.49. The number of pyridine rings is 1. The minimum Gasteiger partial charge on any atom is -0.493 e. The van der Waals surface area contributed by atoms with Crippen molar-refractivity contribution in [1.29, 1.82) is 0 Å². The number of carbonyl (C=O) groups is 1. The van der Waals surface area contributed by atoms with E-state index in [4.69, 9.17) is 14.5 Å². The summed E-state index contributed by atoms with van der Waals surface area (Å²) >= 11 is 0. The van der Waals surface area contributed by atoms with Gasteiger partial charge in [0.05, 0.1) is 12.7 Å². The maximum absolute atomic E-state index is 12.2. The minimum atomic E-state index is -0.822. The van der Waals surface area contributed by atoms with Gasteiger partial charge in [0.15, 0.2) is 0 Å². The van der Waals surface area contributed by atoms with Crippen LogP contribution in [0.2, 0.25) is 0 Å². The van der Waals surface area contributed by atoms with Crippen LogP contribution in [0.15, 0.2) is 30.3 Å². The predicted molar refractivity (Wildman–Crippen MR) is 126 cm³/mol. The number of likely N-dealkylation sites (tertiary alicyclic amines) is 1. The Morgan fingerprint density at radius 2 is 2.06 bits per heavy atom. The number of fused-ring (bicyclic) bond motifs is 2. The molecule has 176 valence electrons. The molecule has 6 nitrogen and oxygen atoms in total. The van der Waals surface area contributed by atoms with E-state index in [9.17, 15) is 9.90 Å². The maximum Gasteiger partial charge on any atom is 0.325 e. The van der Waals surface area contributed by atoms with Crippen molar-refractivity contribution < 1.29 is 19.4 Å². The van der Waals surface area contributed by atoms with E-state index in [1.807, 2.05) is 23.1 Å². The lowest BCUT2D eigenvalue weighted by Crippen LogP contribution is -2.33. The molecule has 0 radical (unpaired) electrons. The van der Waals surface area contributed by atoms with E-state index < -0.39 is 12.0 Å². The lowest BCUT2D eigenvalue weighted by molar-refractivity contribution is -0.143. The first-order valence-corrected chi connectivity index (χ1v) is 12.5. The van der Waals surface area contributed by atoms with Crippen molar-refractivity contribution in [3.8, 4) is 5.75 Å². The number of carboxylic acid groups (broad SMARTS) is 1. The quantitative estimate of drug-likeness (QED) is 0.579. The molecule has 1 saturated heterocycles. The van der Waals surface area contributed by atoms with Crippen molar-refractivity contribution in [1.82, 2.24) is 9.88 Å². The number of unbranched alkanes of at least 4 members (excludes halogenated alkanes) is 1. The number of rotatable bonds is 9. The van der Waals surface area contributed by atoms with Crippen LogP contribution in [0.3, 0.4) is 0 Å². The van der Waals surface area contributed by atoms with E-state index in [1.165, 1.54) is 36.2 Å². The molecule has 3 aliphatic rings. The van der Waals surface area contributed by atoms with Gasteiger partial charge in [-0.2, -0.15) is 0 Å². The van der Waals surface area contributed by atoms with Crippen LogP contribution >= 0.6 is 0 Å². The predicted octanol–water partition coefficient (Wildman–Crippen LogP) is 4.13. The second-order valence-corrected chi connectivity index (χ2v) is 9.52. The summed E-state index contributed by atoms with van der Waals surface area (Å²) in [4.78, 5) is 19.1. The topological polar surface area (TPSA) is 71.9 Å². The van der Waals surface area contributed by atoms with Crippen LogP contribution in [0.4, 0.5) is 0 Å². The third kappa shape index (κ3) is 5.07. The zero-order valence-corrected chi connectivity index (χ0v) is 19.3. The summed E-state index contributed by atoms with van der Waals surface area (Å²) in [5, 5.41) is 9.99. The van der Waals surface area contributed by atoms with Gasteiger partial charge >= 0.3 is 5.97 Å². The fraction of sp³-hybridized carbons (Fsp3) is 0.556. The molecule has 2 aromatic rings. The first-order chi connectivity index (χ1) is 16.2. The van der Waals surface area contributed by atoms with Crippen LogP contribution in [0, 0.1) is 0 Å². The van der Waals surface area contributed by atoms with Crippen LogP contribution in [0.5, 0.6) is 5.75 Å². The summed E-state index contributed by atoms with van der Waals surface area (Å²) in [5.41, 5.74) is 5.83. The van der Waals surface area contributed by atoms with Gasteiger partial charge in [-0.15, -0.1) is 0 Å². The molecule has 1 N–H and O–H groups in total. The Labute approximate surface area is 195 Å². The van der Waals surface area contributed by atoms with E-state index in [0.29, 0.717) is 19.8 Å². The van der Waals surface area contributed by atoms with Crippen molar-refractivity contribution in [3.63, 3.8) is 0 Å². The normalized spacial score (nSPS) is 20.8. The molecule has 3 heterocycles. The highest BCUT2D eigenvalue weighted by Gasteiger charge is 2.36. The van der Waals surface area contributed by atoms with Gasteiger partial charge in [-0.05, 0) is 68.6 Å². The smallest absolute Gasteiger partial charge is 0.325 e. The van der Waals surface area contributed by atoms with Gasteiger partial charge in [0.25, 0.3) is 0 Å². The lowest BCUT2D eigenvalue weighted by atomic mass is 9.95. The second-order valence-electron chi connectivity index (χ2n) is 9.52. The maximum atomic E-state index is 12.2. The minimum absolute atomic E-state index is 0.0893. The van der Waals surface area contributed by atoms with Crippen molar-refractivity contribution in [2.45, 2.75) is 69.9 Å². The van der Waals surface area contributed by atoms with Gasteiger partial charge in [0, 0.05) is 43.1 Å². The number of aromatic nitrogens is 1. The van der Waals surface area contributed by atoms with Crippen LogP contribution < -0.4 is 4.74 Å². The van der Waals surface area contributed by atoms with Crippen LogP contribution in [0.25, 0.3) is 0 Å². The Hall–Kier alpha value is -2.44. The highest BCUT2D eigenvalue weighted by molar-refractivity contribution is 5.77. The summed E-state index contributed by atoms with van der Waals surface area (Å²) in [6, 6.07) is 9.65. The molecule has 1 fully saturated rings. The molecule has 0 bridgehead atoms. The van der Waals surface area contributed by atoms with Crippen LogP contribution in [-0.2, 0) is 35.2 Å². The third-order valence-corrected chi connectivity index (χ3v) is 7.23. The molecule has 5 rings (SSSR count). The van der Waals surface area contributed by atoms with Crippen LogP contribution in [-0.4, -0.2) is 53.4 Å². The number of hydrogen-bond donors (Lipinski definition) is 1. The number of ether oxygens (including phenoxy) is 2. The largest absolute Gasteiger partial charge is 0.493 e. The number of carboxylic acids is 1. The Bertz CT molecular complexity index is 992. The highest BCUT2D eigenvalue weighted by Crippen LogP contribution is 2.37. The Morgan fingerprint density at radius 3 is 2.97 bits per heavy atom. The van der Waals surface area contributed by atoms with E-state index in [0.717, 1.165) is 61.9 Å². The fourth-order valence-corrected chi connectivity index (χ4v) is 5.49. The molecule has 33 heavy (non-hydrogen) atoms. The zero-order valence-electron chi connectivity index (χ0n) is 19.3. The van der Waals surface area contributed by atoms with Crippen molar-refractivity contribution in [2.75, 3.05) is 26.3 Å². The molecule has 1 unspecified atom stereocenters. The van der Waals surface area contributed by atoms with Gasteiger partial charge in [-0.25, -0.2) is 0 Å². The van der Waals surface area contributed by atoms with Gasteiger partial charge in [-0.3, -0.25) is 14.7 Å². The highest BCUT2D eigenvalue weighted by atomic mass is 16.5. The summed E-state index contributed by atoms with van der Waals surface area (Å²) in [6.07, 6.45) is 9.72. The van der Waals surface area contributed by atoms with Crippen molar-refractivity contribution in [3.05, 3.63) is 58.4 Å². The van der Waals surface area contributed by atoms with Gasteiger partial charge in [0.1, 0.15) is 11.8 Å². The monoisotopic (exact) mass is 450 g/mol. The van der Waals surface area contributed by atoms with E-state index in [1.54, 1.807) is 0 Å². The molecule has 0 spiro atoms. The van der Waals surface area contributed by atoms with E-state index >= 15 is 0 Å². The Kier molecular flexibility index (Phi) is 6.93. The number of hydrogen-bond acceptors (Lipinski definition) is 5. The van der Waals surface area contributed by atoms with E-state index in [2.05, 4.69) is 12.1 Å². The van der Waals surface area contributed by atoms with Crippen molar-refractivity contribution in [2.24, 2.45) is 0 Å². The average Bonchev–Trinajstić information content (AvgIpc) is 3.49. The SMILES string of the molecule is O=C(O)C(c1cccc2c1OCC2)N1CC[C@@H](OCCCCc2ccc3c(n2)CCCC3)C1. The number of para-hydroxylation sites is 1. The van der Waals surface area contributed by atoms with Gasteiger partial charge in [0.2, 0.25) is 0 Å². The number of benzene rings is 1. The first-order valence-electron chi connectivity index (χ1n) is 12.5. The number of aliphatic carboxylic acids is 1. The van der Waals surface area contributed by atoms with Gasteiger partial charge < -0.3 is 14.6 Å². The lowest BCUT2D eigenvalue weighted by Gasteiger charge is -2.26. The molecule has 0 amide bonds. The Balaban J connectivity index is 1.09. The number of nitrogens with zero attached hydrogens (tertiary/aromatic N) is 2. The van der Waals surface area contributed by atoms with Crippen molar-refractivity contribution >= 4 is 5.97 Å². The molecule has 6 heteroatoms. The summed E-state index contributed by atoms with van der Waals surface area (Å²) < 4.78 is 11.9.